The number of hydrogen-bond acceptors (Lipinski definition) is 5. The summed E-state index contributed by atoms with van der Waals surface area (Å²) in [4.78, 5) is 39.0. The Morgan fingerprint density at radius 3 is 2.58 bits per heavy atom. The number of hydrogen-bond donors (Lipinski definition) is 3. The molecule has 1 aromatic carbocycles. The Bertz CT molecular complexity index is 792. The Hall–Kier alpha value is -2.61. The van der Waals surface area contributed by atoms with Gasteiger partial charge in [0.2, 0.25) is 11.8 Å². The summed E-state index contributed by atoms with van der Waals surface area (Å²) in [5.41, 5.74) is 0.722. The first-order chi connectivity index (χ1) is 16.0. The van der Waals surface area contributed by atoms with E-state index >= 15 is 0 Å². The average Bonchev–Trinajstić information content (AvgIpc) is 2.83. The van der Waals surface area contributed by atoms with Crippen LogP contribution in [-0.4, -0.2) is 60.6 Å². The van der Waals surface area contributed by atoms with Gasteiger partial charge in [0.25, 0.3) is 0 Å². The molecule has 0 radical (unpaired) electrons. The van der Waals surface area contributed by atoms with E-state index in [-0.39, 0.29) is 24.2 Å². The van der Waals surface area contributed by atoms with E-state index in [0.717, 1.165) is 44.3 Å². The zero-order valence-corrected chi connectivity index (χ0v) is 19.6. The highest BCUT2D eigenvalue weighted by Gasteiger charge is 2.30. The Labute approximate surface area is 196 Å². The van der Waals surface area contributed by atoms with Gasteiger partial charge in [0.15, 0.2) is 0 Å². The van der Waals surface area contributed by atoms with Crippen LogP contribution in [0.25, 0.3) is 0 Å². The number of aliphatic carboxylic acids is 1. The Balaban J connectivity index is 1.55. The van der Waals surface area contributed by atoms with Gasteiger partial charge in [0.05, 0.1) is 25.0 Å². The van der Waals surface area contributed by atoms with E-state index in [9.17, 15) is 19.5 Å². The standard InChI is InChI=1S/C25H37N3O5/c1-2-33-21-8-6-19(7-9-21)22(16-24(30)31)27-25(32)20-4-3-15-28(17-20)23(29)10-5-18-11-13-26-14-12-18/h6-9,18,20,22,26H,2-5,10-17H2,1H3,(H,27,32)(H,30,31). The molecule has 2 aliphatic rings. The lowest BCUT2D eigenvalue weighted by molar-refractivity contribution is -0.138. The van der Waals surface area contributed by atoms with Gasteiger partial charge in [-0.15, -0.1) is 0 Å². The van der Waals surface area contributed by atoms with Crippen molar-refractivity contribution in [2.45, 2.75) is 57.9 Å². The van der Waals surface area contributed by atoms with Gasteiger partial charge in [-0.05, 0) is 75.7 Å². The molecule has 2 aliphatic heterocycles. The second kappa shape index (κ2) is 12.6. The number of benzene rings is 1. The van der Waals surface area contributed by atoms with Gasteiger partial charge in [-0.2, -0.15) is 0 Å². The maximum Gasteiger partial charge on any atom is 0.305 e. The van der Waals surface area contributed by atoms with Gasteiger partial charge in [-0.25, -0.2) is 0 Å². The van der Waals surface area contributed by atoms with E-state index in [1.54, 1.807) is 24.3 Å². The van der Waals surface area contributed by atoms with Crippen LogP contribution < -0.4 is 15.4 Å². The molecule has 8 nitrogen and oxygen atoms in total. The van der Waals surface area contributed by atoms with Crippen LogP contribution in [0, 0.1) is 11.8 Å². The van der Waals surface area contributed by atoms with E-state index in [1.165, 1.54) is 0 Å². The van der Waals surface area contributed by atoms with Crippen LogP contribution in [0.5, 0.6) is 5.75 Å². The van der Waals surface area contributed by atoms with Gasteiger partial charge in [-0.3, -0.25) is 14.4 Å². The molecule has 2 fully saturated rings. The van der Waals surface area contributed by atoms with E-state index in [2.05, 4.69) is 10.6 Å². The molecule has 2 atom stereocenters. The monoisotopic (exact) mass is 459 g/mol. The predicted molar refractivity (Wildman–Crippen MR) is 125 cm³/mol. The summed E-state index contributed by atoms with van der Waals surface area (Å²) in [6.07, 6.45) is 4.96. The van der Waals surface area contributed by atoms with E-state index in [1.807, 2.05) is 11.8 Å². The minimum atomic E-state index is -0.979. The zero-order chi connectivity index (χ0) is 23.6. The lowest BCUT2D eigenvalue weighted by atomic mass is 9.92. The molecule has 182 valence electrons. The van der Waals surface area contributed by atoms with E-state index in [0.29, 0.717) is 44.2 Å². The van der Waals surface area contributed by atoms with Gasteiger partial charge < -0.3 is 25.4 Å². The maximum atomic E-state index is 13.0. The molecule has 2 saturated heterocycles. The van der Waals surface area contributed by atoms with Crippen molar-refractivity contribution in [2.75, 3.05) is 32.8 Å². The first-order valence-electron chi connectivity index (χ1n) is 12.2. The van der Waals surface area contributed by atoms with Crippen LogP contribution in [0.15, 0.2) is 24.3 Å². The third kappa shape index (κ3) is 7.74. The largest absolute Gasteiger partial charge is 0.494 e. The molecule has 3 N–H and O–H groups in total. The van der Waals surface area contributed by atoms with Crippen LogP contribution >= 0.6 is 0 Å². The highest BCUT2D eigenvalue weighted by molar-refractivity contribution is 5.82. The second-order valence-electron chi connectivity index (χ2n) is 9.07. The number of carboxylic acids is 1. The minimum absolute atomic E-state index is 0.125. The number of rotatable bonds is 10. The molecular weight excluding hydrogens is 422 g/mol. The molecule has 2 heterocycles. The lowest BCUT2D eigenvalue weighted by Gasteiger charge is -2.33. The van der Waals surface area contributed by atoms with Crippen molar-refractivity contribution in [3.05, 3.63) is 29.8 Å². The number of ether oxygens (including phenoxy) is 1. The van der Waals surface area contributed by atoms with Gasteiger partial charge >= 0.3 is 5.97 Å². The van der Waals surface area contributed by atoms with Crippen molar-refractivity contribution in [2.24, 2.45) is 11.8 Å². The quantitative estimate of drug-likeness (QED) is 0.497. The fourth-order valence-electron chi connectivity index (χ4n) is 4.75. The van der Waals surface area contributed by atoms with E-state index in [4.69, 9.17) is 4.74 Å². The van der Waals surface area contributed by atoms with Crippen molar-refractivity contribution >= 4 is 17.8 Å². The Kier molecular flexibility index (Phi) is 9.54. The summed E-state index contributed by atoms with van der Waals surface area (Å²) >= 11 is 0. The summed E-state index contributed by atoms with van der Waals surface area (Å²) in [7, 11) is 0. The van der Waals surface area contributed by atoms with E-state index < -0.39 is 12.0 Å². The maximum absolute atomic E-state index is 13.0. The molecular formula is C25H37N3O5. The van der Waals surface area contributed by atoms with Crippen LogP contribution in [-0.2, 0) is 14.4 Å². The molecule has 3 rings (SSSR count). The molecule has 33 heavy (non-hydrogen) atoms. The van der Waals surface area contributed by atoms with Crippen molar-refractivity contribution in [3.8, 4) is 5.75 Å². The smallest absolute Gasteiger partial charge is 0.305 e. The summed E-state index contributed by atoms with van der Waals surface area (Å²) < 4.78 is 5.45. The molecule has 0 aliphatic carbocycles. The first-order valence-corrected chi connectivity index (χ1v) is 12.2. The highest BCUT2D eigenvalue weighted by Crippen LogP contribution is 2.24. The fraction of sp³-hybridized carbons (Fsp3) is 0.640. The van der Waals surface area contributed by atoms with Crippen LogP contribution in [0.2, 0.25) is 0 Å². The normalized spacial score (nSPS) is 20.2. The number of piperidine rings is 2. The molecule has 0 aromatic heterocycles. The number of carbonyl (C=O) groups is 3. The van der Waals surface area contributed by atoms with Crippen molar-refractivity contribution in [1.29, 1.82) is 0 Å². The topological polar surface area (TPSA) is 108 Å². The second-order valence-corrected chi connectivity index (χ2v) is 9.07. The number of carboxylic acid groups (broad SMARTS) is 1. The first kappa shape index (κ1) is 25.0. The van der Waals surface area contributed by atoms with Crippen molar-refractivity contribution < 1.29 is 24.2 Å². The van der Waals surface area contributed by atoms with Gasteiger partial charge in [0, 0.05) is 19.5 Å². The number of nitrogens with zero attached hydrogens (tertiary/aromatic N) is 1. The minimum Gasteiger partial charge on any atom is -0.494 e. The summed E-state index contributed by atoms with van der Waals surface area (Å²) in [6, 6.07) is 6.51. The highest BCUT2D eigenvalue weighted by atomic mass is 16.5. The van der Waals surface area contributed by atoms with Crippen LogP contribution in [0.3, 0.4) is 0 Å². The number of amides is 2. The SMILES string of the molecule is CCOc1ccc(C(CC(=O)O)NC(=O)C2CCCN(C(=O)CCC3CCNCC3)C2)cc1. The van der Waals surface area contributed by atoms with Gasteiger partial charge in [0.1, 0.15) is 5.75 Å². The molecule has 0 saturated carbocycles. The predicted octanol–water partition coefficient (Wildman–Crippen LogP) is 2.74. The molecule has 1 aromatic rings. The third-order valence-corrected chi connectivity index (χ3v) is 6.66. The lowest BCUT2D eigenvalue weighted by Crippen LogP contribution is -2.46. The van der Waals surface area contributed by atoms with Crippen molar-refractivity contribution in [3.63, 3.8) is 0 Å². The molecule has 2 unspecified atom stereocenters. The zero-order valence-electron chi connectivity index (χ0n) is 19.6. The van der Waals surface area contributed by atoms with Crippen LogP contribution in [0.4, 0.5) is 0 Å². The molecule has 2 amide bonds. The van der Waals surface area contributed by atoms with Crippen molar-refractivity contribution in [1.82, 2.24) is 15.5 Å². The fourth-order valence-corrected chi connectivity index (χ4v) is 4.75. The number of likely N-dealkylation sites (tertiary alicyclic amines) is 1. The Morgan fingerprint density at radius 1 is 1.18 bits per heavy atom. The summed E-state index contributed by atoms with van der Waals surface area (Å²) in [5, 5.41) is 15.6. The molecule has 0 spiro atoms. The summed E-state index contributed by atoms with van der Waals surface area (Å²) in [6.45, 7) is 5.58. The summed E-state index contributed by atoms with van der Waals surface area (Å²) in [5.74, 6) is -0.0590. The Morgan fingerprint density at radius 2 is 1.91 bits per heavy atom. The van der Waals surface area contributed by atoms with Crippen LogP contribution in [0.1, 0.15) is 63.5 Å². The average molecular weight is 460 g/mol. The van der Waals surface area contributed by atoms with Gasteiger partial charge in [-0.1, -0.05) is 12.1 Å². The number of carbonyl (C=O) groups excluding carboxylic acids is 2. The number of nitrogens with one attached hydrogen (secondary N) is 2. The third-order valence-electron chi connectivity index (χ3n) is 6.66. The molecule has 0 bridgehead atoms. The molecule has 8 heteroatoms.